The maximum atomic E-state index is 11.6. The van der Waals surface area contributed by atoms with Crippen LogP contribution in [0.1, 0.15) is 35.7 Å². The van der Waals surface area contributed by atoms with E-state index >= 15 is 0 Å². The lowest BCUT2D eigenvalue weighted by atomic mass is 10.00. The highest BCUT2D eigenvalue weighted by atomic mass is 79.9. The minimum Gasteiger partial charge on any atom is -0.480 e. The quantitative estimate of drug-likeness (QED) is 0.884. The molecule has 1 aromatic carbocycles. The average Bonchev–Trinajstić information content (AvgIpc) is 3.01. The summed E-state index contributed by atoms with van der Waals surface area (Å²) in [5, 5.41) is 9.55. The van der Waals surface area contributed by atoms with Gasteiger partial charge in [0.25, 0.3) is 0 Å². The van der Waals surface area contributed by atoms with Crippen molar-refractivity contribution in [1.29, 1.82) is 0 Å². The van der Waals surface area contributed by atoms with Gasteiger partial charge in [0.05, 0.1) is 11.7 Å². The van der Waals surface area contributed by atoms with E-state index in [0.29, 0.717) is 6.42 Å². The minimum atomic E-state index is -0.753. The molecule has 1 saturated heterocycles. The van der Waals surface area contributed by atoms with Crippen LogP contribution in [0.15, 0.2) is 47.1 Å². The molecular weight excluding hydrogens is 356 g/mol. The van der Waals surface area contributed by atoms with Crippen LogP contribution >= 0.6 is 15.9 Å². The van der Waals surface area contributed by atoms with Gasteiger partial charge in [-0.1, -0.05) is 34.1 Å². The van der Waals surface area contributed by atoms with E-state index in [1.54, 1.807) is 0 Å². The summed E-state index contributed by atoms with van der Waals surface area (Å²) >= 11 is 3.46. The van der Waals surface area contributed by atoms with Crippen molar-refractivity contribution in [2.75, 3.05) is 6.54 Å². The Labute approximate surface area is 144 Å². The Kier molecular flexibility index (Phi) is 4.78. The predicted octanol–water partition coefficient (Wildman–Crippen LogP) is 3.79. The number of carboxylic acids is 1. The second-order valence-corrected chi connectivity index (χ2v) is 6.86. The van der Waals surface area contributed by atoms with E-state index in [9.17, 15) is 9.90 Å². The predicted molar refractivity (Wildman–Crippen MR) is 92.3 cm³/mol. The number of aromatic nitrogens is 1. The number of carboxylic acid groups (broad SMARTS) is 1. The van der Waals surface area contributed by atoms with E-state index in [2.05, 4.69) is 25.8 Å². The second kappa shape index (κ2) is 6.81. The van der Waals surface area contributed by atoms with E-state index in [-0.39, 0.29) is 6.04 Å². The molecule has 1 aliphatic rings. The molecule has 0 amide bonds. The number of benzene rings is 1. The summed E-state index contributed by atoms with van der Waals surface area (Å²) in [6.07, 6.45) is 3.43. The number of pyridine rings is 1. The van der Waals surface area contributed by atoms with E-state index in [0.717, 1.165) is 34.3 Å². The van der Waals surface area contributed by atoms with Gasteiger partial charge in [0.15, 0.2) is 0 Å². The fourth-order valence-corrected chi connectivity index (χ4v) is 3.45. The highest BCUT2D eigenvalue weighted by Gasteiger charge is 2.37. The number of hydrogen-bond donors (Lipinski definition) is 1. The lowest BCUT2D eigenvalue weighted by molar-refractivity contribution is -0.142. The third-order valence-corrected chi connectivity index (χ3v) is 4.84. The first-order valence-electron chi connectivity index (χ1n) is 7.73. The van der Waals surface area contributed by atoms with Gasteiger partial charge >= 0.3 is 5.97 Å². The maximum absolute atomic E-state index is 11.6. The monoisotopic (exact) mass is 374 g/mol. The number of nitrogens with zero attached hydrogens (tertiary/aromatic N) is 2. The van der Waals surface area contributed by atoms with Crippen molar-refractivity contribution >= 4 is 21.9 Å². The molecule has 2 aromatic rings. The van der Waals surface area contributed by atoms with Gasteiger partial charge in [0, 0.05) is 17.2 Å². The van der Waals surface area contributed by atoms with Crippen molar-refractivity contribution in [3.8, 4) is 0 Å². The molecule has 4 nitrogen and oxygen atoms in total. The molecule has 0 spiro atoms. The van der Waals surface area contributed by atoms with Crippen LogP contribution in [0.3, 0.4) is 0 Å². The Morgan fingerprint density at radius 2 is 2.04 bits per heavy atom. The largest absolute Gasteiger partial charge is 0.480 e. The highest BCUT2D eigenvalue weighted by Crippen LogP contribution is 2.34. The minimum absolute atomic E-state index is 0.132. The smallest absolute Gasteiger partial charge is 0.320 e. The number of rotatable bonds is 4. The molecule has 120 valence electrons. The Hall–Kier alpha value is -1.72. The zero-order valence-corrected chi connectivity index (χ0v) is 14.5. The number of aryl methyl sites for hydroxylation is 1. The Bertz CT molecular complexity index is 640. The molecule has 2 unspecified atom stereocenters. The van der Waals surface area contributed by atoms with Gasteiger partial charge in [0.2, 0.25) is 0 Å². The molecule has 1 fully saturated rings. The Morgan fingerprint density at radius 1 is 1.30 bits per heavy atom. The highest BCUT2D eigenvalue weighted by molar-refractivity contribution is 9.10. The van der Waals surface area contributed by atoms with Gasteiger partial charge in [-0.05, 0) is 49.1 Å². The zero-order chi connectivity index (χ0) is 16.4. The lowest BCUT2D eigenvalue weighted by Gasteiger charge is -2.31. The first kappa shape index (κ1) is 16.1. The van der Waals surface area contributed by atoms with E-state index in [4.69, 9.17) is 0 Å². The van der Waals surface area contributed by atoms with Crippen molar-refractivity contribution in [3.63, 3.8) is 0 Å². The van der Waals surface area contributed by atoms with Crippen LogP contribution in [0.4, 0.5) is 0 Å². The van der Waals surface area contributed by atoms with Crippen LogP contribution in [0.25, 0.3) is 0 Å². The number of carbonyl (C=O) groups is 1. The zero-order valence-electron chi connectivity index (χ0n) is 12.9. The van der Waals surface area contributed by atoms with E-state index < -0.39 is 12.0 Å². The molecule has 2 heterocycles. The van der Waals surface area contributed by atoms with Gasteiger partial charge in [-0.2, -0.15) is 0 Å². The van der Waals surface area contributed by atoms with Gasteiger partial charge in [-0.25, -0.2) is 0 Å². The van der Waals surface area contributed by atoms with Crippen molar-refractivity contribution in [3.05, 3.63) is 63.9 Å². The molecule has 1 aliphatic heterocycles. The summed E-state index contributed by atoms with van der Waals surface area (Å²) in [6.45, 7) is 2.77. The van der Waals surface area contributed by atoms with Crippen LogP contribution in [0.5, 0.6) is 0 Å². The van der Waals surface area contributed by atoms with Gasteiger partial charge in [-0.3, -0.25) is 14.7 Å². The summed E-state index contributed by atoms with van der Waals surface area (Å²) in [5.41, 5.74) is 3.06. The van der Waals surface area contributed by atoms with Gasteiger partial charge < -0.3 is 5.11 Å². The Balaban J connectivity index is 2.04. The van der Waals surface area contributed by atoms with Gasteiger partial charge in [0.1, 0.15) is 6.04 Å². The average molecular weight is 375 g/mol. The Morgan fingerprint density at radius 3 is 2.65 bits per heavy atom. The summed E-state index contributed by atoms with van der Waals surface area (Å²) < 4.78 is 1.01. The summed E-state index contributed by atoms with van der Waals surface area (Å²) in [6, 6.07) is 11.5. The van der Waals surface area contributed by atoms with Crippen molar-refractivity contribution in [2.24, 2.45) is 0 Å². The fraction of sp³-hybridized carbons (Fsp3) is 0.333. The summed E-state index contributed by atoms with van der Waals surface area (Å²) in [7, 11) is 0. The topological polar surface area (TPSA) is 53.4 Å². The van der Waals surface area contributed by atoms with E-state index in [1.807, 2.05) is 49.5 Å². The van der Waals surface area contributed by atoms with Gasteiger partial charge in [-0.15, -0.1) is 0 Å². The lowest BCUT2D eigenvalue weighted by Crippen LogP contribution is -2.39. The van der Waals surface area contributed by atoms with Crippen molar-refractivity contribution in [1.82, 2.24) is 9.88 Å². The number of aliphatic carboxylic acids is 1. The second-order valence-electron chi connectivity index (χ2n) is 5.95. The molecule has 23 heavy (non-hydrogen) atoms. The van der Waals surface area contributed by atoms with Crippen LogP contribution in [0.2, 0.25) is 0 Å². The van der Waals surface area contributed by atoms with Crippen LogP contribution in [-0.2, 0) is 4.79 Å². The van der Waals surface area contributed by atoms with Crippen LogP contribution < -0.4 is 0 Å². The molecule has 3 rings (SSSR count). The number of hydrogen-bond acceptors (Lipinski definition) is 3. The molecule has 1 aromatic heterocycles. The summed E-state index contributed by atoms with van der Waals surface area (Å²) in [5.74, 6) is -0.753. The first-order valence-corrected chi connectivity index (χ1v) is 8.52. The summed E-state index contributed by atoms with van der Waals surface area (Å²) in [4.78, 5) is 18.2. The molecule has 0 saturated carbocycles. The SMILES string of the molecule is Cc1ccc(C(c2ccc(Br)cc2)N2CCCC2C(=O)O)nc1. The molecule has 2 atom stereocenters. The first-order chi connectivity index (χ1) is 11.1. The normalized spacial score (nSPS) is 19.7. The molecule has 1 N–H and O–H groups in total. The van der Waals surface area contributed by atoms with Crippen LogP contribution in [0, 0.1) is 6.92 Å². The molecule has 0 radical (unpaired) electrons. The van der Waals surface area contributed by atoms with Crippen molar-refractivity contribution < 1.29 is 9.90 Å². The maximum Gasteiger partial charge on any atom is 0.320 e. The molecular formula is C18H19BrN2O2. The fourth-order valence-electron chi connectivity index (χ4n) is 3.18. The molecule has 0 bridgehead atoms. The molecule has 0 aliphatic carbocycles. The standard InChI is InChI=1S/C18H19BrN2O2/c1-12-4-9-15(20-11-12)17(13-5-7-14(19)8-6-13)21-10-2-3-16(21)18(22)23/h4-9,11,16-17H,2-3,10H2,1H3,(H,22,23). The molecule has 5 heteroatoms. The third-order valence-electron chi connectivity index (χ3n) is 4.31. The van der Waals surface area contributed by atoms with Crippen LogP contribution in [-0.4, -0.2) is 33.5 Å². The number of halogens is 1. The number of likely N-dealkylation sites (tertiary alicyclic amines) is 1. The third kappa shape index (κ3) is 3.46. The van der Waals surface area contributed by atoms with E-state index in [1.165, 1.54) is 0 Å². The van der Waals surface area contributed by atoms with Crippen molar-refractivity contribution in [2.45, 2.75) is 31.8 Å².